The number of carbonyl (C=O) groups excluding carboxylic acids is 3. The number of unbranched alkanes of at least 4 members (excludes halogenated alkanes) is 9. The normalized spacial score (nSPS) is 19.2. The summed E-state index contributed by atoms with van der Waals surface area (Å²) in [6.45, 7) is 3.50. The summed E-state index contributed by atoms with van der Waals surface area (Å²) in [7, 11) is 2.95. The van der Waals surface area contributed by atoms with Gasteiger partial charge in [-0.3, -0.25) is 4.79 Å². The van der Waals surface area contributed by atoms with Crippen molar-refractivity contribution in [1.29, 1.82) is 0 Å². The van der Waals surface area contributed by atoms with Crippen molar-refractivity contribution < 1.29 is 43.2 Å². The van der Waals surface area contributed by atoms with E-state index in [1.807, 2.05) is 72.8 Å². The molecule has 9 heteroatoms. The first-order valence-corrected chi connectivity index (χ1v) is 19.1. The molecule has 1 N–H and O–H groups in total. The Morgan fingerprint density at radius 2 is 1.25 bits per heavy atom. The highest BCUT2D eigenvalue weighted by molar-refractivity contribution is 5.79. The van der Waals surface area contributed by atoms with Gasteiger partial charge in [0, 0.05) is 20.6 Å². The molecule has 4 rings (SSSR count). The molecule has 5 atom stereocenters. The molecule has 0 radical (unpaired) electrons. The quantitative estimate of drug-likeness (QED) is 0.0580. The molecule has 3 aromatic carbocycles. The number of esters is 3. The van der Waals surface area contributed by atoms with Crippen molar-refractivity contribution in [1.82, 2.24) is 0 Å². The topological polar surface area (TPSA) is 118 Å². The maximum absolute atomic E-state index is 13.0. The molecule has 288 valence electrons. The highest BCUT2D eigenvalue weighted by Gasteiger charge is 2.51. The zero-order chi connectivity index (χ0) is 38.1. The van der Waals surface area contributed by atoms with Crippen LogP contribution in [0.4, 0.5) is 0 Å². The molecule has 1 saturated heterocycles. The number of aryl methyl sites for hydroxylation is 1. The SMILES string of the molecule is CO[C@@H](C(=O)Oc1ccc(CCCCCCCCCCCC[C@](C)(O)C[C@]2(C)OC(=O)C[C@@H]2OC(=O)[C@H](OC)c2ccccc2)cc1)c1ccccc1. The molecule has 0 saturated carbocycles. The minimum atomic E-state index is -1.12. The Kier molecular flexibility index (Phi) is 16.5. The fourth-order valence-corrected chi connectivity index (χ4v) is 7.23. The average Bonchev–Trinajstić information content (AvgIpc) is 3.41. The molecule has 53 heavy (non-hydrogen) atoms. The van der Waals surface area contributed by atoms with Crippen molar-refractivity contribution in [2.75, 3.05) is 14.2 Å². The van der Waals surface area contributed by atoms with Crippen molar-refractivity contribution in [3.05, 3.63) is 102 Å². The summed E-state index contributed by atoms with van der Waals surface area (Å²) in [4.78, 5) is 38.0. The Morgan fingerprint density at radius 1 is 0.755 bits per heavy atom. The zero-order valence-corrected chi connectivity index (χ0v) is 31.9. The van der Waals surface area contributed by atoms with E-state index < -0.39 is 47.4 Å². The molecule has 0 unspecified atom stereocenters. The van der Waals surface area contributed by atoms with E-state index in [9.17, 15) is 19.5 Å². The number of cyclic esters (lactones) is 1. The third kappa shape index (κ3) is 13.4. The third-order valence-electron chi connectivity index (χ3n) is 10.0. The van der Waals surface area contributed by atoms with Crippen LogP contribution in [0.3, 0.4) is 0 Å². The molecule has 0 aliphatic carbocycles. The number of aliphatic hydroxyl groups is 1. The number of benzene rings is 3. The van der Waals surface area contributed by atoms with Crippen molar-refractivity contribution in [3.8, 4) is 5.75 Å². The van der Waals surface area contributed by atoms with E-state index in [-0.39, 0.29) is 12.8 Å². The monoisotopic (exact) mass is 730 g/mol. The number of carbonyl (C=O) groups is 3. The van der Waals surface area contributed by atoms with Crippen molar-refractivity contribution in [2.45, 2.75) is 133 Å². The Morgan fingerprint density at radius 3 is 1.77 bits per heavy atom. The predicted octanol–water partition coefficient (Wildman–Crippen LogP) is 8.96. The van der Waals surface area contributed by atoms with Crippen molar-refractivity contribution in [3.63, 3.8) is 0 Å². The summed E-state index contributed by atoms with van der Waals surface area (Å²) < 4.78 is 27.8. The van der Waals surface area contributed by atoms with Gasteiger partial charge in [0.25, 0.3) is 0 Å². The van der Waals surface area contributed by atoms with E-state index in [1.54, 1.807) is 26.0 Å². The number of ether oxygens (including phenoxy) is 5. The van der Waals surface area contributed by atoms with Crippen molar-refractivity contribution >= 4 is 17.9 Å². The van der Waals surface area contributed by atoms with E-state index in [2.05, 4.69) is 0 Å². The van der Waals surface area contributed by atoms with E-state index >= 15 is 0 Å². The van der Waals surface area contributed by atoms with Crippen LogP contribution in [0.1, 0.15) is 126 Å². The maximum atomic E-state index is 13.0. The first kappa shape index (κ1) is 41.7. The molecule has 1 aliphatic rings. The molecule has 1 heterocycles. The van der Waals surface area contributed by atoms with E-state index in [1.165, 1.54) is 58.3 Å². The van der Waals surface area contributed by atoms with Crippen LogP contribution in [0, 0.1) is 0 Å². The van der Waals surface area contributed by atoms with Crippen LogP contribution in [0.2, 0.25) is 0 Å². The molecule has 1 fully saturated rings. The van der Waals surface area contributed by atoms with Crippen LogP contribution in [0.5, 0.6) is 5.75 Å². The summed E-state index contributed by atoms with van der Waals surface area (Å²) in [6, 6.07) is 26.1. The van der Waals surface area contributed by atoms with Crippen LogP contribution in [-0.4, -0.2) is 54.5 Å². The molecule has 0 aromatic heterocycles. The lowest BCUT2D eigenvalue weighted by Gasteiger charge is -2.36. The second-order valence-electron chi connectivity index (χ2n) is 14.7. The third-order valence-corrected chi connectivity index (χ3v) is 10.0. The van der Waals surface area contributed by atoms with E-state index in [4.69, 9.17) is 23.7 Å². The zero-order valence-electron chi connectivity index (χ0n) is 31.9. The van der Waals surface area contributed by atoms with Crippen molar-refractivity contribution in [2.24, 2.45) is 0 Å². The van der Waals surface area contributed by atoms with Crippen LogP contribution < -0.4 is 4.74 Å². The minimum Gasteiger partial charge on any atom is -0.455 e. The van der Waals surface area contributed by atoms with Crippen LogP contribution in [0.25, 0.3) is 0 Å². The van der Waals surface area contributed by atoms with Gasteiger partial charge < -0.3 is 28.8 Å². The lowest BCUT2D eigenvalue weighted by Crippen LogP contribution is -2.46. The summed E-state index contributed by atoms with van der Waals surface area (Å²) in [6.07, 6.45) is 10.6. The fourth-order valence-electron chi connectivity index (χ4n) is 7.23. The van der Waals surface area contributed by atoms with E-state index in [0.29, 0.717) is 17.7 Å². The molecular formula is C44H58O9. The molecule has 3 aromatic rings. The van der Waals surface area contributed by atoms with Gasteiger partial charge >= 0.3 is 17.9 Å². The standard InChI is InChI=1S/C44H58O9/c1-43(48,32-44(2)37(31-38(45)53-44)52-42(47)40(50-4)35-24-18-14-19-25-35)30-20-12-10-8-6-5-7-9-11-15-21-33-26-28-36(29-27-33)51-41(46)39(49-3)34-22-16-13-17-23-34/h13-14,16-19,22-29,37,39-40,48H,5-12,15,20-21,30-32H2,1-4H3/t37-,39+,40+,43-,44-/m0/s1. The number of hydrogen-bond acceptors (Lipinski definition) is 9. The summed E-state index contributed by atoms with van der Waals surface area (Å²) in [5, 5.41) is 11.3. The van der Waals surface area contributed by atoms with E-state index in [0.717, 1.165) is 37.7 Å². The molecular weight excluding hydrogens is 672 g/mol. The lowest BCUT2D eigenvalue weighted by molar-refractivity contribution is -0.177. The number of methoxy groups -OCH3 is 2. The van der Waals surface area contributed by atoms with Gasteiger partial charge in [0.05, 0.1) is 12.0 Å². The van der Waals surface area contributed by atoms with Gasteiger partial charge in [-0.15, -0.1) is 0 Å². The fraction of sp³-hybridized carbons (Fsp3) is 0.523. The van der Waals surface area contributed by atoms with Gasteiger partial charge in [-0.2, -0.15) is 0 Å². The van der Waals surface area contributed by atoms with Gasteiger partial charge in [-0.05, 0) is 61.9 Å². The molecule has 0 amide bonds. The summed E-state index contributed by atoms with van der Waals surface area (Å²) >= 11 is 0. The predicted molar refractivity (Wildman–Crippen MR) is 203 cm³/mol. The largest absolute Gasteiger partial charge is 0.455 e. The van der Waals surface area contributed by atoms with Gasteiger partial charge in [0.1, 0.15) is 11.4 Å². The average molecular weight is 731 g/mol. The second-order valence-corrected chi connectivity index (χ2v) is 14.7. The lowest BCUT2D eigenvalue weighted by atomic mass is 9.82. The number of hydrogen-bond donors (Lipinski definition) is 1. The Balaban J connectivity index is 1.04. The highest BCUT2D eigenvalue weighted by Crippen LogP contribution is 2.39. The van der Waals surface area contributed by atoms with Gasteiger partial charge in [0.2, 0.25) is 0 Å². The van der Waals surface area contributed by atoms with Crippen LogP contribution in [0.15, 0.2) is 84.9 Å². The number of rotatable bonds is 23. The Bertz CT molecular complexity index is 1540. The Labute approximate surface area is 315 Å². The second kappa shape index (κ2) is 21.0. The summed E-state index contributed by atoms with van der Waals surface area (Å²) in [5.41, 5.74) is 0.464. The molecule has 1 aliphatic heterocycles. The maximum Gasteiger partial charge on any atom is 0.345 e. The Hall–Kier alpha value is -4.05. The summed E-state index contributed by atoms with van der Waals surface area (Å²) in [5.74, 6) is -0.947. The molecule has 9 nitrogen and oxygen atoms in total. The van der Waals surface area contributed by atoms with Crippen LogP contribution in [-0.2, 0) is 39.8 Å². The molecule has 0 spiro atoms. The molecule has 0 bridgehead atoms. The first-order valence-electron chi connectivity index (χ1n) is 19.1. The smallest absolute Gasteiger partial charge is 0.345 e. The minimum absolute atomic E-state index is 0.0518. The van der Waals surface area contributed by atoms with Gasteiger partial charge in [-0.25, -0.2) is 9.59 Å². The van der Waals surface area contributed by atoms with Gasteiger partial charge in [-0.1, -0.05) is 131 Å². The van der Waals surface area contributed by atoms with Gasteiger partial charge in [0.15, 0.2) is 18.3 Å². The first-order chi connectivity index (χ1) is 25.5. The van der Waals surface area contributed by atoms with Crippen LogP contribution >= 0.6 is 0 Å². The highest BCUT2D eigenvalue weighted by atomic mass is 16.6.